The van der Waals surface area contributed by atoms with E-state index in [9.17, 15) is 4.79 Å². The van der Waals surface area contributed by atoms with Crippen molar-refractivity contribution in [3.8, 4) is 5.75 Å². The molecular weight excluding hydrogens is 346 g/mol. The third kappa shape index (κ3) is 3.21. The van der Waals surface area contributed by atoms with Gasteiger partial charge in [-0.05, 0) is 50.1 Å². The number of ether oxygens (including phenoxy) is 1. The van der Waals surface area contributed by atoms with Gasteiger partial charge in [-0.3, -0.25) is 9.48 Å². The van der Waals surface area contributed by atoms with E-state index < -0.39 is 0 Å². The molecule has 0 aliphatic heterocycles. The molecule has 1 aliphatic carbocycles. The molecule has 1 amide bonds. The number of hydrogen-bond donors (Lipinski definition) is 1. The first-order valence-electron chi connectivity index (χ1n) is 9.10. The minimum atomic E-state index is -0.0778. The van der Waals surface area contributed by atoms with Crippen LogP contribution >= 0.6 is 11.3 Å². The molecule has 5 nitrogen and oxygen atoms in total. The normalized spacial score (nSPS) is 15.3. The second-order valence-electron chi connectivity index (χ2n) is 6.83. The van der Waals surface area contributed by atoms with Gasteiger partial charge in [0.1, 0.15) is 10.6 Å². The molecule has 0 atom stereocenters. The van der Waals surface area contributed by atoms with Crippen molar-refractivity contribution in [1.29, 1.82) is 0 Å². The van der Waals surface area contributed by atoms with Crippen molar-refractivity contribution in [2.24, 2.45) is 0 Å². The van der Waals surface area contributed by atoms with Crippen LogP contribution in [0, 0.1) is 6.92 Å². The minimum absolute atomic E-state index is 0.0778. The standard InChI is InChI=1S/C20H23N3O2S/c1-13-17-12-18(19(24)21-14-8-10-16(25-2)11-9-14)26-20(17)23(22-13)15-6-4-3-5-7-15/h8-12,15H,3-7H2,1-2H3,(H,21,24). The highest BCUT2D eigenvalue weighted by molar-refractivity contribution is 7.20. The number of carbonyl (C=O) groups is 1. The topological polar surface area (TPSA) is 56.1 Å². The maximum Gasteiger partial charge on any atom is 0.265 e. The Bertz CT molecular complexity index is 921. The summed E-state index contributed by atoms with van der Waals surface area (Å²) in [4.78, 5) is 14.5. The van der Waals surface area contributed by atoms with Gasteiger partial charge in [-0.25, -0.2) is 0 Å². The Morgan fingerprint density at radius 1 is 1.23 bits per heavy atom. The second-order valence-corrected chi connectivity index (χ2v) is 7.86. The number of hydrogen-bond acceptors (Lipinski definition) is 4. The molecule has 2 aromatic heterocycles. The zero-order valence-electron chi connectivity index (χ0n) is 15.1. The highest BCUT2D eigenvalue weighted by Crippen LogP contribution is 2.35. The number of anilines is 1. The molecule has 3 aromatic rings. The largest absolute Gasteiger partial charge is 0.497 e. The molecule has 0 radical (unpaired) electrons. The van der Waals surface area contributed by atoms with Gasteiger partial charge < -0.3 is 10.1 Å². The van der Waals surface area contributed by atoms with Gasteiger partial charge in [-0.2, -0.15) is 5.10 Å². The van der Waals surface area contributed by atoms with Crippen LogP contribution in [0.15, 0.2) is 30.3 Å². The van der Waals surface area contributed by atoms with Gasteiger partial charge in [0.2, 0.25) is 0 Å². The van der Waals surface area contributed by atoms with E-state index in [0.717, 1.165) is 32.2 Å². The number of amides is 1. The van der Waals surface area contributed by atoms with E-state index in [1.165, 1.54) is 43.4 Å². The summed E-state index contributed by atoms with van der Waals surface area (Å²) in [6.07, 6.45) is 6.21. The van der Waals surface area contributed by atoms with Crippen molar-refractivity contribution in [2.45, 2.75) is 45.1 Å². The summed E-state index contributed by atoms with van der Waals surface area (Å²) in [5.74, 6) is 0.694. The number of carbonyl (C=O) groups excluding carboxylic acids is 1. The Morgan fingerprint density at radius 3 is 2.65 bits per heavy atom. The van der Waals surface area contributed by atoms with E-state index in [-0.39, 0.29) is 5.91 Å². The number of thiophene rings is 1. The molecule has 2 heterocycles. The number of aromatic nitrogens is 2. The molecule has 1 aliphatic rings. The molecule has 6 heteroatoms. The number of nitrogens with zero attached hydrogens (tertiary/aromatic N) is 2. The Kier molecular flexibility index (Phi) is 4.68. The summed E-state index contributed by atoms with van der Waals surface area (Å²) >= 11 is 1.54. The van der Waals surface area contributed by atoms with Crippen LogP contribution in [0.4, 0.5) is 5.69 Å². The Morgan fingerprint density at radius 2 is 1.96 bits per heavy atom. The predicted octanol–water partition coefficient (Wildman–Crippen LogP) is 5.17. The third-order valence-corrected chi connectivity index (χ3v) is 6.18. The third-order valence-electron chi connectivity index (χ3n) is 5.06. The van der Waals surface area contributed by atoms with Crippen molar-refractivity contribution in [3.63, 3.8) is 0 Å². The van der Waals surface area contributed by atoms with Crippen LogP contribution in [-0.4, -0.2) is 22.8 Å². The first-order chi connectivity index (χ1) is 12.7. The van der Waals surface area contributed by atoms with E-state index in [1.807, 2.05) is 37.3 Å². The molecule has 1 N–H and O–H groups in total. The number of aryl methyl sites for hydroxylation is 1. The lowest BCUT2D eigenvalue weighted by molar-refractivity contribution is 0.103. The first-order valence-corrected chi connectivity index (χ1v) is 9.91. The van der Waals surface area contributed by atoms with Crippen molar-refractivity contribution in [2.75, 3.05) is 12.4 Å². The molecule has 0 spiro atoms. The molecule has 0 unspecified atom stereocenters. The lowest BCUT2D eigenvalue weighted by Gasteiger charge is -2.22. The zero-order chi connectivity index (χ0) is 18.1. The molecule has 1 fully saturated rings. The second kappa shape index (κ2) is 7.11. The fourth-order valence-electron chi connectivity index (χ4n) is 3.62. The van der Waals surface area contributed by atoms with E-state index in [2.05, 4.69) is 10.00 Å². The lowest BCUT2D eigenvalue weighted by Crippen LogP contribution is -2.14. The van der Waals surface area contributed by atoms with Crippen LogP contribution in [0.3, 0.4) is 0 Å². The van der Waals surface area contributed by atoms with Gasteiger partial charge in [-0.15, -0.1) is 11.3 Å². The summed E-state index contributed by atoms with van der Waals surface area (Å²) in [7, 11) is 1.63. The summed E-state index contributed by atoms with van der Waals surface area (Å²) in [5, 5.41) is 8.82. The average Bonchev–Trinajstić information content (AvgIpc) is 3.24. The predicted molar refractivity (Wildman–Crippen MR) is 105 cm³/mol. The fraction of sp³-hybridized carbons (Fsp3) is 0.400. The Balaban J connectivity index is 1.59. The number of rotatable bonds is 4. The van der Waals surface area contributed by atoms with Gasteiger partial charge in [0, 0.05) is 11.1 Å². The van der Waals surface area contributed by atoms with Gasteiger partial charge in [0.05, 0.1) is 23.7 Å². The number of benzene rings is 1. The van der Waals surface area contributed by atoms with Crippen LogP contribution in [0.25, 0.3) is 10.2 Å². The summed E-state index contributed by atoms with van der Waals surface area (Å²) < 4.78 is 7.32. The summed E-state index contributed by atoms with van der Waals surface area (Å²) in [6.45, 7) is 2.03. The van der Waals surface area contributed by atoms with Gasteiger partial charge in [-0.1, -0.05) is 19.3 Å². The summed E-state index contributed by atoms with van der Waals surface area (Å²) in [6, 6.07) is 9.81. The van der Waals surface area contributed by atoms with Crippen LogP contribution in [0.5, 0.6) is 5.75 Å². The first kappa shape index (κ1) is 17.1. The maximum absolute atomic E-state index is 12.7. The minimum Gasteiger partial charge on any atom is -0.497 e. The van der Waals surface area contributed by atoms with E-state index in [0.29, 0.717) is 6.04 Å². The molecule has 136 valence electrons. The van der Waals surface area contributed by atoms with Crippen LogP contribution in [-0.2, 0) is 0 Å². The van der Waals surface area contributed by atoms with Crippen LogP contribution < -0.4 is 10.1 Å². The molecule has 1 aromatic carbocycles. The maximum atomic E-state index is 12.7. The van der Waals surface area contributed by atoms with Crippen LogP contribution in [0.1, 0.15) is 53.5 Å². The van der Waals surface area contributed by atoms with Crippen LogP contribution in [0.2, 0.25) is 0 Å². The van der Waals surface area contributed by atoms with Crippen molar-refractivity contribution >= 4 is 33.1 Å². The molecule has 0 saturated heterocycles. The zero-order valence-corrected chi connectivity index (χ0v) is 15.9. The molecule has 1 saturated carbocycles. The van der Waals surface area contributed by atoms with E-state index in [1.54, 1.807) is 7.11 Å². The smallest absolute Gasteiger partial charge is 0.265 e. The van der Waals surface area contributed by atoms with Crippen molar-refractivity contribution in [1.82, 2.24) is 9.78 Å². The van der Waals surface area contributed by atoms with E-state index >= 15 is 0 Å². The highest BCUT2D eigenvalue weighted by atomic mass is 32.1. The van der Waals surface area contributed by atoms with Crippen molar-refractivity contribution < 1.29 is 9.53 Å². The monoisotopic (exact) mass is 369 g/mol. The molecular formula is C20H23N3O2S. The lowest BCUT2D eigenvalue weighted by atomic mass is 9.96. The number of fused-ring (bicyclic) bond motifs is 1. The molecule has 4 rings (SSSR count). The highest BCUT2D eigenvalue weighted by Gasteiger charge is 2.22. The van der Waals surface area contributed by atoms with E-state index in [4.69, 9.17) is 9.84 Å². The SMILES string of the molecule is COc1ccc(NC(=O)c2cc3c(C)nn(C4CCCCC4)c3s2)cc1. The number of nitrogens with one attached hydrogen (secondary N) is 1. The van der Waals surface area contributed by atoms with Gasteiger partial charge >= 0.3 is 0 Å². The van der Waals surface area contributed by atoms with Gasteiger partial charge in [0.15, 0.2) is 0 Å². The Labute approximate surface area is 157 Å². The summed E-state index contributed by atoms with van der Waals surface area (Å²) in [5.41, 5.74) is 1.77. The fourth-order valence-corrected chi connectivity index (χ4v) is 4.75. The average molecular weight is 369 g/mol. The molecule has 0 bridgehead atoms. The molecule has 26 heavy (non-hydrogen) atoms. The Hall–Kier alpha value is -2.34. The van der Waals surface area contributed by atoms with Crippen molar-refractivity contribution in [3.05, 3.63) is 40.9 Å². The quantitative estimate of drug-likeness (QED) is 0.690. The van der Waals surface area contributed by atoms with Gasteiger partial charge in [0.25, 0.3) is 5.91 Å². The number of methoxy groups -OCH3 is 1.